The smallest absolute Gasteiger partial charge is 0.315 e. The molecule has 0 atom stereocenters. The van der Waals surface area contributed by atoms with Gasteiger partial charge in [-0.3, -0.25) is 0 Å². The van der Waals surface area contributed by atoms with E-state index in [9.17, 15) is 4.79 Å². The number of carbonyl (C=O) groups is 1. The monoisotopic (exact) mass is 352 g/mol. The van der Waals surface area contributed by atoms with Crippen molar-refractivity contribution in [2.24, 2.45) is 0 Å². The van der Waals surface area contributed by atoms with Gasteiger partial charge in [-0.1, -0.05) is 29.8 Å². The van der Waals surface area contributed by atoms with E-state index in [1.165, 1.54) is 5.56 Å². The highest BCUT2D eigenvalue weighted by Crippen LogP contribution is 2.16. The summed E-state index contributed by atoms with van der Waals surface area (Å²) in [5.74, 6) is 0.884. The molecule has 0 aliphatic carbocycles. The normalized spacial score (nSPS) is 10.7. The van der Waals surface area contributed by atoms with Gasteiger partial charge in [-0.15, -0.1) is 0 Å². The SMILES string of the molecule is Cc1ccc(OCCCCNC(=O)NCc2ccc3ccoc3c2)cc1. The maximum atomic E-state index is 11.8. The van der Waals surface area contributed by atoms with Crippen LogP contribution in [0.15, 0.2) is 59.2 Å². The molecule has 3 aromatic rings. The molecule has 2 aromatic carbocycles. The molecule has 3 rings (SSSR count). The van der Waals surface area contributed by atoms with Gasteiger partial charge in [0.15, 0.2) is 0 Å². The molecular weight excluding hydrogens is 328 g/mol. The molecular formula is C21H24N2O3. The molecule has 0 bridgehead atoms. The zero-order valence-electron chi connectivity index (χ0n) is 15.0. The number of ether oxygens (including phenoxy) is 1. The Morgan fingerprint density at radius 3 is 2.73 bits per heavy atom. The van der Waals surface area contributed by atoms with Crippen molar-refractivity contribution < 1.29 is 13.9 Å². The number of nitrogens with one attached hydrogen (secondary N) is 2. The van der Waals surface area contributed by atoms with Crippen molar-refractivity contribution in [1.29, 1.82) is 0 Å². The Morgan fingerprint density at radius 2 is 1.88 bits per heavy atom. The summed E-state index contributed by atoms with van der Waals surface area (Å²) in [4.78, 5) is 11.8. The van der Waals surface area contributed by atoms with Gasteiger partial charge < -0.3 is 19.8 Å². The first kappa shape index (κ1) is 17.9. The lowest BCUT2D eigenvalue weighted by molar-refractivity contribution is 0.239. The molecule has 0 spiro atoms. The number of rotatable bonds is 8. The van der Waals surface area contributed by atoms with E-state index in [1.807, 2.05) is 48.5 Å². The predicted octanol–water partition coefficient (Wildman–Crippen LogP) is 4.40. The standard InChI is InChI=1S/C21H24N2O3/c1-16-4-8-19(9-5-16)25-12-3-2-11-22-21(24)23-15-17-6-7-18-10-13-26-20(18)14-17/h4-10,13-14H,2-3,11-12,15H2,1H3,(H2,22,23,24). The number of hydrogen-bond donors (Lipinski definition) is 2. The van der Waals surface area contributed by atoms with Crippen molar-refractivity contribution in [3.8, 4) is 5.75 Å². The van der Waals surface area contributed by atoms with Crippen LogP contribution in [0.25, 0.3) is 11.0 Å². The van der Waals surface area contributed by atoms with Crippen molar-refractivity contribution in [1.82, 2.24) is 10.6 Å². The molecule has 0 aliphatic heterocycles. The van der Waals surface area contributed by atoms with Crippen LogP contribution in [-0.4, -0.2) is 19.2 Å². The fourth-order valence-corrected chi connectivity index (χ4v) is 2.61. The minimum atomic E-state index is -0.163. The van der Waals surface area contributed by atoms with Crippen molar-refractivity contribution in [3.05, 3.63) is 65.9 Å². The van der Waals surface area contributed by atoms with E-state index in [-0.39, 0.29) is 6.03 Å². The van der Waals surface area contributed by atoms with Gasteiger partial charge >= 0.3 is 6.03 Å². The van der Waals surface area contributed by atoms with E-state index in [4.69, 9.17) is 9.15 Å². The third kappa shape index (κ3) is 5.28. The topological polar surface area (TPSA) is 63.5 Å². The summed E-state index contributed by atoms with van der Waals surface area (Å²) in [6.07, 6.45) is 3.43. The van der Waals surface area contributed by atoms with Crippen LogP contribution in [0, 0.1) is 6.92 Å². The van der Waals surface area contributed by atoms with Crippen LogP contribution < -0.4 is 15.4 Å². The average molecular weight is 352 g/mol. The molecule has 0 unspecified atom stereocenters. The number of fused-ring (bicyclic) bond motifs is 1. The third-order valence-corrected chi connectivity index (χ3v) is 4.12. The van der Waals surface area contributed by atoms with Crippen LogP contribution in [0.1, 0.15) is 24.0 Å². The van der Waals surface area contributed by atoms with E-state index in [1.54, 1.807) is 6.26 Å². The van der Waals surface area contributed by atoms with E-state index < -0.39 is 0 Å². The van der Waals surface area contributed by atoms with Crippen molar-refractivity contribution in [2.75, 3.05) is 13.2 Å². The molecule has 0 fully saturated rings. The van der Waals surface area contributed by atoms with E-state index >= 15 is 0 Å². The summed E-state index contributed by atoms with van der Waals surface area (Å²) in [5, 5.41) is 6.78. The maximum absolute atomic E-state index is 11.8. The van der Waals surface area contributed by atoms with Crippen LogP contribution in [0.2, 0.25) is 0 Å². The zero-order valence-corrected chi connectivity index (χ0v) is 15.0. The highest BCUT2D eigenvalue weighted by Gasteiger charge is 2.02. The molecule has 0 radical (unpaired) electrons. The number of urea groups is 1. The Balaban J connectivity index is 1.27. The molecule has 5 nitrogen and oxygen atoms in total. The summed E-state index contributed by atoms with van der Waals surface area (Å²) in [7, 11) is 0. The quantitative estimate of drug-likeness (QED) is 0.591. The van der Waals surface area contributed by atoms with Gasteiger partial charge in [0, 0.05) is 18.5 Å². The molecule has 1 aromatic heterocycles. The molecule has 2 N–H and O–H groups in total. The lowest BCUT2D eigenvalue weighted by Gasteiger charge is -2.09. The van der Waals surface area contributed by atoms with E-state index in [2.05, 4.69) is 17.6 Å². The fourth-order valence-electron chi connectivity index (χ4n) is 2.61. The minimum absolute atomic E-state index is 0.163. The van der Waals surface area contributed by atoms with Crippen molar-refractivity contribution >= 4 is 17.0 Å². The van der Waals surface area contributed by atoms with E-state index in [0.717, 1.165) is 35.1 Å². The maximum Gasteiger partial charge on any atom is 0.315 e. The van der Waals surface area contributed by atoms with Crippen LogP contribution in [0.5, 0.6) is 5.75 Å². The molecule has 0 saturated carbocycles. The number of unbranched alkanes of at least 4 members (excludes halogenated alkanes) is 1. The van der Waals surface area contributed by atoms with Gasteiger partial charge in [0.1, 0.15) is 11.3 Å². The van der Waals surface area contributed by atoms with Gasteiger partial charge in [0.05, 0.1) is 12.9 Å². The Morgan fingerprint density at radius 1 is 1.04 bits per heavy atom. The Labute approximate surface area is 153 Å². The first-order chi connectivity index (χ1) is 12.7. The van der Waals surface area contributed by atoms with Gasteiger partial charge in [-0.05, 0) is 49.6 Å². The molecule has 0 saturated heterocycles. The third-order valence-electron chi connectivity index (χ3n) is 4.12. The molecule has 0 aliphatic rings. The van der Waals surface area contributed by atoms with Crippen LogP contribution in [0.3, 0.4) is 0 Å². The number of aryl methyl sites for hydroxylation is 1. The van der Waals surface area contributed by atoms with Gasteiger partial charge in [0.2, 0.25) is 0 Å². The number of hydrogen-bond acceptors (Lipinski definition) is 3. The highest BCUT2D eigenvalue weighted by molar-refractivity contribution is 5.78. The number of amides is 2. The summed E-state index contributed by atoms with van der Waals surface area (Å²) < 4.78 is 11.0. The van der Waals surface area contributed by atoms with Crippen LogP contribution >= 0.6 is 0 Å². The lowest BCUT2D eigenvalue weighted by atomic mass is 10.2. The van der Waals surface area contributed by atoms with Crippen molar-refractivity contribution in [3.63, 3.8) is 0 Å². The molecule has 2 amide bonds. The van der Waals surface area contributed by atoms with Gasteiger partial charge in [-0.25, -0.2) is 4.79 Å². The summed E-state index contributed by atoms with van der Waals surface area (Å²) in [6, 6.07) is 15.7. The number of benzene rings is 2. The number of furan rings is 1. The second kappa shape index (κ2) is 8.94. The molecule has 5 heteroatoms. The minimum Gasteiger partial charge on any atom is -0.494 e. The van der Waals surface area contributed by atoms with Gasteiger partial charge in [0.25, 0.3) is 0 Å². The van der Waals surface area contributed by atoms with E-state index in [0.29, 0.717) is 19.7 Å². The summed E-state index contributed by atoms with van der Waals surface area (Å²) in [6.45, 7) is 3.80. The Kier molecular flexibility index (Phi) is 6.14. The van der Waals surface area contributed by atoms with Crippen LogP contribution in [0.4, 0.5) is 4.79 Å². The Hall–Kier alpha value is -2.95. The summed E-state index contributed by atoms with van der Waals surface area (Å²) in [5.41, 5.74) is 3.06. The zero-order chi connectivity index (χ0) is 18.2. The first-order valence-electron chi connectivity index (χ1n) is 8.88. The van der Waals surface area contributed by atoms with Crippen molar-refractivity contribution in [2.45, 2.75) is 26.3 Å². The molecule has 26 heavy (non-hydrogen) atoms. The molecule has 136 valence electrons. The molecule has 1 heterocycles. The second-order valence-corrected chi connectivity index (χ2v) is 6.27. The average Bonchev–Trinajstić information content (AvgIpc) is 3.12. The first-order valence-corrected chi connectivity index (χ1v) is 8.88. The summed E-state index contributed by atoms with van der Waals surface area (Å²) >= 11 is 0. The van der Waals surface area contributed by atoms with Gasteiger partial charge in [-0.2, -0.15) is 0 Å². The largest absolute Gasteiger partial charge is 0.494 e. The highest BCUT2D eigenvalue weighted by atomic mass is 16.5. The number of carbonyl (C=O) groups excluding carboxylic acids is 1. The second-order valence-electron chi connectivity index (χ2n) is 6.27. The predicted molar refractivity (Wildman–Crippen MR) is 102 cm³/mol. The van der Waals surface area contributed by atoms with Crippen LogP contribution in [-0.2, 0) is 6.54 Å². The Bertz CT molecular complexity index is 840. The lowest BCUT2D eigenvalue weighted by Crippen LogP contribution is -2.35. The fraction of sp³-hybridized carbons (Fsp3) is 0.286.